The molecule has 2 rings (SSSR count). The van der Waals surface area contributed by atoms with Gasteiger partial charge in [-0.3, -0.25) is 5.10 Å². The molecule has 1 aromatic heterocycles. The van der Waals surface area contributed by atoms with Crippen molar-refractivity contribution in [3.8, 4) is 5.88 Å². The van der Waals surface area contributed by atoms with Crippen LogP contribution in [0.3, 0.4) is 0 Å². The number of aromatic nitrogens is 2. The van der Waals surface area contributed by atoms with Crippen LogP contribution in [-0.4, -0.2) is 27.9 Å². The van der Waals surface area contributed by atoms with Gasteiger partial charge in [-0.2, -0.15) is 0 Å². The molecular formula is C6H6N2O3. The molecule has 0 bridgehead atoms. The Bertz CT molecular complexity index is 305. The summed E-state index contributed by atoms with van der Waals surface area (Å²) in [4.78, 5) is 10.5. The first-order valence-corrected chi connectivity index (χ1v) is 3.22. The van der Waals surface area contributed by atoms with E-state index in [1.165, 1.54) is 0 Å². The van der Waals surface area contributed by atoms with Gasteiger partial charge >= 0.3 is 5.97 Å². The minimum atomic E-state index is -0.982. The van der Waals surface area contributed by atoms with E-state index in [-0.39, 0.29) is 5.69 Å². The van der Waals surface area contributed by atoms with Crippen LogP contribution in [0.25, 0.3) is 0 Å². The predicted octanol–water partition coefficient (Wildman–Crippen LogP) is 0.0428. The first kappa shape index (κ1) is 6.21. The highest BCUT2D eigenvalue weighted by Gasteiger charge is 2.23. The van der Waals surface area contributed by atoms with Gasteiger partial charge in [-0.05, 0) is 0 Å². The summed E-state index contributed by atoms with van der Waals surface area (Å²) in [7, 11) is 0. The van der Waals surface area contributed by atoms with E-state index in [9.17, 15) is 4.79 Å². The van der Waals surface area contributed by atoms with Gasteiger partial charge in [0.25, 0.3) is 0 Å². The van der Waals surface area contributed by atoms with E-state index in [1.807, 2.05) is 0 Å². The second-order valence-corrected chi connectivity index (χ2v) is 2.29. The van der Waals surface area contributed by atoms with Crippen LogP contribution < -0.4 is 4.74 Å². The van der Waals surface area contributed by atoms with E-state index in [2.05, 4.69) is 10.2 Å². The SMILES string of the molecule is O=C(O)c1[nH]nc2c1CCO2. The van der Waals surface area contributed by atoms with Crippen LogP contribution >= 0.6 is 0 Å². The first-order chi connectivity index (χ1) is 5.29. The number of carboxylic acid groups (broad SMARTS) is 1. The summed E-state index contributed by atoms with van der Waals surface area (Å²) in [6, 6.07) is 0. The number of hydrogen-bond acceptors (Lipinski definition) is 3. The lowest BCUT2D eigenvalue weighted by Crippen LogP contribution is -2.01. The molecule has 0 fully saturated rings. The summed E-state index contributed by atoms with van der Waals surface area (Å²) >= 11 is 0. The number of nitrogens with zero attached hydrogens (tertiary/aromatic N) is 1. The van der Waals surface area contributed by atoms with Crippen molar-refractivity contribution in [2.75, 3.05) is 6.61 Å². The topological polar surface area (TPSA) is 75.2 Å². The molecule has 5 nitrogen and oxygen atoms in total. The van der Waals surface area contributed by atoms with E-state index in [0.717, 1.165) is 0 Å². The molecule has 0 spiro atoms. The molecule has 5 heteroatoms. The maximum Gasteiger partial charge on any atom is 0.354 e. The Morgan fingerprint density at radius 2 is 2.55 bits per heavy atom. The van der Waals surface area contributed by atoms with Crippen molar-refractivity contribution in [3.63, 3.8) is 0 Å². The number of rotatable bonds is 1. The Hall–Kier alpha value is -1.52. The number of carboxylic acids is 1. The number of hydrogen-bond donors (Lipinski definition) is 2. The summed E-state index contributed by atoms with van der Waals surface area (Å²) in [6.07, 6.45) is 0.632. The van der Waals surface area contributed by atoms with Crippen LogP contribution in [0, 0.1) is 0 Å². The third kappa shape index (κ3) is 0.772. The van der Waals surface area contributed by atoms with Gasteiger partial charge < -0.3 is 9.84 Å². The molecule has 1 aromatic rings. The minimum absolute atomic E-state index is 0.150. The lowest BCUT2D eigenvalue weighted by Gasteiger charge is -1.88. The maximum absolute atomic E-state index is 10.5. The van der Waals surface area contributed by atoms with Crippen molar-refractivity contribution in [2.24, 2.45) is 0 Å². The minimum Gasteiger partial charge on any atom is -0.477 e. The molecular weight excluding hydrogens is 148 g/mol. The Morgan fingerprint density at radius 1 is 1.73 bits per heavy atom. The molecule has 0 saturated carbocycles. The average molecular weight is 154 g/mol. The van der Waals surface area contributed by atoms with Crippen LogP contribution in [0.15, 0.2) is 0 Å². The zero-order valence-electron chi connectivity index (χ0n) is 5.63. The number of carbonyl (C=O) groups is 1. The van der Waals surface area contributed by atoms with Crippen LogP contribution in [0.2, 0.25) is 0 Å². The molecule has 0 saturated heterocycles. The van der Waals surface area contributed by atoms with Gasteiger partial charge in [0.1, 0.15) is 0 Å². The van der Waals surface area contributed by atoms with Gasteiger partial charge in [0, 0.05) is 6.42 Å². The summed E-state index contributed by atoms with van der Waals surface area (Å²) in [6.45, 7) is 0.534. The molecule has 0 amide bonds. The van der Waals surface area contributed by atoms with Gasteiger partial charge in [-0.25, -0.2) is 4.79 Å². The van der Waals surface area contributed by atoms with Crippen LogP contribution in [0.5, 0.6) is 5.88 Å². The van der Waals surface area contributed by atoms with Gasteiger partial charge in [0.05, 0.1) is 12.2 Å². The average Bonchev–Trinajstić information content (AvgIpc) is 2.41. The van der Waals surface area contributed by atoms with E-state index in [4.69, 9.17) is 9.84 Å². The zero-order valence-corrected chi connectivity index (χ0v) is 5.63. The summed E-state index contributed by atoms with van der Waals surface area (Å²) in [5, 5.41) is 14.7. The Kier molecular flexibility index (Phi) is 1.12. The molecule has 58 valence electrons. The van der Waals surface area contributed by atoms with E-state index in [0.29, 0.717) is 24.5 Å². The summed E-state index contributed by atoms with van der Waals surface area (Å²) in [5.74, 6) is -0.549. The van der Waals surface area contributed by atoms with Crippen molar-refractivity contribution < 1.29 is 14.6 Å². The predicted molar refractivity (Wildman–Crippen MR) is 34.7 cm³/mol. The fourth-order valence-electron chi connectivity index (χ4n) is 1.13. The first-order valence-electron chi connectivity index (χ1n) is 3.22. The summed E-state index contributed by atoms with van der Waals surface area (Å²) < 4.78 is 5.02. The van der Waals surface area contributed by atoms with Gasteiger partial charge in [-0.1, -0.05) is 0 Å². The number of nitrogens with one attached hydrogen (secondary N) is 1. The fraction of sp³-hybridized carbons (Fsp3) is 0.333. The van der Waals surface area contributed by atoms with Gasteiger partial charge in [-0.15, -0.1) is 5.10 Å². The number of ether oxygens (including phenoxy) is 1. The maximum atomic E-state index is 10.5. The highest BCUT2D eigenvalue weighted by molar-refractivity contribution is 5.87. The molecule has 0 atom stereocenters. The van der Waals surface area contributed by atoms with Gasteiger partial charge in [0.2, 0.25) is 5.88 Å². The number of aromatic amines is 1. The van der Waals surface area contributed by atoms with Crippen molar-refractivity contribution in [2.45, 2.75) is 6.42 Å². The lowest BCUT2D eigenvalue weighted by atomic mass is 10.2. The molecule has 2 N–H and O–H groups in total. The fourth-order valence-corrected chi connectivity index (χ4v) is 1.13. The largest absolute Gasteiger partial charge is 0.477 e. The smallest absolute Gasteiger partial charge is 0.354 e. The summed E-state index contributed by atoms with van der Waals surface area (Å²) in [5.41, 5.74) is 0.829. The van der Waals surface area contributed by atoms with Crippen molar-refractivity contribution in [3.05, 3.63) is 11.3 Å². The molecule has 0 unspecified atom stereocenters. The zero-order chi connectivity index (χ0) is 7.84. The Balaban J connectivity index is 2.50. The van der Waals surface area contributed by atoms with E-state index >= 15 is 0 Å². The highest BCUT2D eigenvalue weighted by Crippen LogP contribution is 2.24. The third-order valence-corrected chi connectivity index (χ3v) is 1.63. The monoisotopic (exact) mass is 154 g/mol. The van der Waals surface area contributed by atoms with Crippen molar-refractivity contribution in [1.29, 1.82) is 0 Å². The van der Waals surface area contributed by atoms with Crippen LogP contribution in [0.1, 0.15) is 16.1 Å². The molecule has 0 aliphatic carbocycles. The lowest BCUT2D eigenvalue weighted by molar-refractivity contribution is 0.0689. The molecule has 0 aromatic carbocycles. The van der Waals surface area contributed by atoms with Crippen LogP contribution in [-0.2, 0) is 6.42 Å². The second kappa shape index (κ2) is 1.98. The highest BCUT2D eigenvalue weighted by atomic mass is 16.5. The third-order valence-electron chi connectivity index (χ3n) is 1.63. The molecule has 0 radical (unpaired) electrons. The van der Waals surface area contributed by atoms with Gasteiger partial charge in [0.15, 0.2) is 5.69 Å². The quantitative estimate of drug-likeness (QED) is 0.599. The van der Waals surface area contributed by atoms with E-state index < -0.39 is 5.97 Å². The van der Waals surface area contributed by atoms with Crippen molar-refractivity contribution in [1.82, 2.24) is 10.2 Å². The molecule has 1 aliphatic rings. The van der Waals surface area contributed by atoms with Crippen LogP contribution in [0.4, 0.5) is 0 Å². The Labute approximate surface area is 62.0 Å². The number of fused-ring (bicyclic) bond motifs is 1. The standard InChI is InChI=1S/C6H6N2O3/c9-6(10)4-3-1-2-11-5(3)8-7-4/h1-2H2,(H,7,8)(H,9,10). The molecule has 2 heterocycles. The van der Waals surface area contributed by atoms with Crippen molar-refractivity contribution >= 4 is 5.97 Å². The molecule has 1 aliphatic heterocycles. The Morgan fingerprint density at radius 3 is 3.27 bits per heavy atom. The van der Waals surface area contributed by atoms with E-state index in [1.54, 1.807) is 0 Å². The number of aromatic carboxylic acids is 1. The normalized spacial score (nSPS) is 14.2. The molecule has 11 heavy (non-hydrogen) atoms. The second-order valence-electron chi connectivity index (χ2n) is 2.29. The number of H-pyrrole nitrogens is 1.